The Balaban J connectivity index is 1.78. The second kappa shape index (κ2) is 6.36. The van der Waals surface area contributed by atoms with Crippen LogP contribution in [-0.2, 0) is 0 Å². The van der Waals surface area contributed by atoms with Gasteiger partial charge in [-0.15, -0.1) is 0 Å². The fourth-order valence-electron chi connectivity index (χ4n) is 1.60. The Labute approximate surface area is 130 Å². The lowest BCUT2D eigenvalue weighted by molar-refractivity contribution is 0.410. The van der Waals surface area contributed by atoms with Crippen LogP contribution in [0.4, 0.5) is 4.39 Å². The standard InChI is InChI=1S/C15H9ClFN3O2/c16-14-12(2-1-8-18-14)22-15-19-9-7-13(20-15)21-11-5-3-10(17)4-6-11/h1-9H. The summed E-state index contributed by atoms with van der Waals surface area (Å²) in [5.74, 6) is 0.704. The fourth-order valence-corrected chi connectivity index (χ4v) is 1.76. The Hall–Kier alpha value is -2.73. The van der Waals surface area contributed by atoms with Crippen LogP contribution in [0.5, 0.6) is 23.4 Å². The van der Waals surface area contributed by atoms with Gasteiger partial charge in [0.15, 0.2) is 10.9 Å². The maximum atomic E-state index is 12.9. The minimum absolute atomic E-state index is 0.0644. The SMILES string of the molecule is Fc1ccc(Oc2ccnc(Oc3cccnc3Cl)n2)cc1. The van der Waals surface area contributed by atoms with E-state index in [9.17, 15) is 4.39 Å². The summed E-state index contributed by atoms with van der Waals surface area (Å²) >= 11 is 5.90. The molecule has 0 unspecified atom stereocenters. The van der Waals surface area contributed by atoms with Gasteiger partial charge in [-0.2, -0.15) is 4.98 Å². The van der Waals surface area contributed by atoms with Crippen LogP contribution < -0.4 is 9.47 Å². The monoisotopic (exact) mass is 317 g/mol. The van der Waals surface area contributed by atoms with Crippen molar-refractivity contribution >= 4 is 11.6 Å². The molecule has 0 saturated carbocycles. The molecular weight excluding hydrogens is 309 g/mol. The molecule has 0 atom stereocenters. The third kappa shape index (κ3) is 3.48. The highest BCUT2D eigenvalue weighted by Crippen LogP contribution is 2.26. The number of ether oxygens (including phenoxy) is 2. The molecule has 0 aliphatic rings. The van der Waals surface area contributed by atoms with Crippen LogP contribution in [0.2, 0.25) is 5.15 Å². The highest BCUT2D eigenvalue weighted by molar-refractivity contribution is 6.30. The summed E-state index contributed by atoms with van der Waals surface area (Å²) in [6.45, 7) is 0. The first kappa shape index (κ1) is 14.2. The maximum absolute atomic E-state index is 12.9. The van der Waals surface area contributed by atoms with Crippen molar-refractivity contribution in [2.75, 3.05) is 0 Å². The molecule has 5 nitrogen and oxygen atoms in total. The van der Waals surface area contributed by atoms with Gasteiger partial charge < -0.3 is 9.47 Å². The molecule has 1 aromatic carbocycles. The van der Waals surface area contributed by atoms with Gasteiger partial charge >= 0.3 is 6.01 Å². The fraction of sp³-hybridized carbons (Fsp3) is 0. The first-order chi connectivity index (χ1) is 10.7. The summed E-state index contributed by atoms with van der Waals surface area (Å²) in [6, 6.07) is 10.5. The summed E-state index contributed by atoms with van der Waals surface area (Å²) in [4.78, 5) is 12.0. The van der Waals surface area contributed by atoms with Crippen LogP contribution >= 0.6 is 11.6 Å². The molecule has 0 N–H and O–H groups in total. The third-order valence-corrected chi connectivity index (χ3v) is 2.85. The van der Waals surface area contributed by atoms with Crippen LogP contribution in [0.25, 0.3) is 0 Å². The minimum atomic E-state index is -0.342. The molecule has 2 heterocycles. The smallest absolute Gasteiger partial charge is 0.325 e. The van der Waals surface area contributed by atoms with Crippen molar-refractivity contribution in [1.82, 2.24) is 15.0 Å². The molecule has 7 heteroatoms. The van der Waals surface area contributed by atoms with Crippen LogP contribution in [0.15, 0.2) is 54.9 Å². The average Bonchev–Trinajstić information content (AvgIpc) is 2.52. The highest BCUT2D eigenvalue weighted by atomic mass is 35.5. The third-order valence-electron chi connectivity index (χ3n) is 2.57. The zero-order valence-corrected chi connectivity index (χ0v) is 11.9. The highest BCUT2D eigenvalue weighted by Gasteiger charge is 2.07. The zero-order chi connectivity index (χ0) is 15.4. The number of pyridine rings is 1. The molecule has 110 valence electrons. The lowest BCUT2D eigenvalue weighted by atomic mass is 10.3. The Bertz CT molecular complexity index is 784. The van der Waals surface area contributed by atoms with E-state index in [0.717, 1.165) is 0 Å². The summed E-state index contributed by atoms with van der Waals surface area (Å²) in [5, 5.41) is 0.205. The molecular formula is C15H9ClFN3O2. The van der Waals surface area contributed by atoms with E-state index in [1.54, 1.807) is 24.4 Å². The molecule has 0 aliphatic heterocycles. The molecule has 22 heavy (non-hydrogen) atoms. The molecule has 0 aliphatic carbocycles. The number of nitrogens with zero attached hydrogens (tertiary/aromatic N) is 3. The first-order valence-electron chi connectivity index (χ1n) is 6.25. The minimum Gasteiger partial charge on any atom is -0.439 e. The largest absolute Gasteiger partial charge is 0.439 e. The van der Waals surface area contributed by atoms with Gasteiger partial charge in [-0.3, -0.25) is 0 Å². The van der Waals surface area contributed by atoms with E-state index in [1.165, 1.54) is 30.5 Å². The Morgan fingerprint density at radius 3 is 2.50 bits per heavy atom. The van der Waals surface area contributed by atoms with Crippen LogP contribution in [0.1, 0.15) is 0 Å². The van der Waals surface area contributed by atoms with Gasteiger partial charge in [-0.25, -0.2) is 14.4 Å². The number of hydrogen-bond donors (Lipinski definition) is 0. The predicted octanol–water partition coefficient (Wildman–Crippen LogP) is 4.25. The number of benzene rings is 1. The zero-order valence-electron chi connectivity index (χ0n) is 11.1. The molecule has 0 bridgehead atoms. The van der Waals surface area contributed by atoms with Crippen molar-refractivity contribution in [3.05, 3.63) is 65.8 Å². The van der Waals surface area contributed by atoms with E-state index in [0.29, 0.717) is 11.5 Å². The number of hydrogen-bond acceptors (Lipinski definition) is 5. The molecule has 0 fully saturated rings. The first-order valence-corrected chi connectivity index (χ1v) is 6.63. The predicted molar refractivity (Wildman–Crippen MR) is 77.8 cm³/mol. The number of rotatable bonds is 4. The van der Waals surface area contributed by atoms with E-state index >= 15 is 0 Å². The van der Waals surface area contributed by atoms with Gasteiger partial charge in [-0.05, 0) is 36.4 Å². The van der Waals surface area contributed by atoms with Gasteiger partial charge in [-0.1, -0.05) is 11.6 Å². The molecule has 3 rings (SSSR count). The molecule has 0 amide bonds. The second-order valence-electron chi connectivity index (χ2n) is 4.13. The normalized spacial score (nSPS) is 10.3. The molecule has 3 aromatic rings. The van der Waals surface area contributed by atoms with E-state index < -0.39 is 0 Å². The summed E-state index contributed by atoms with van der Waals surface area (Å²) in [5.41, 5.74) is 0. The lowest BCUT2D eigenvalue weighted by Gasteiger charge is -2.07. The van der Waals surface area contributed by atoms with Gasteiger partial charge in [0.1, 0.15) is 11.6 Å². The van der Waals surface area contributed by atoms with Crippen molar-refractivity contribution in [1.29, 1.82) is 0 Å². The number of aromatic nitrogens is 3. The summed E-state index contributed by atoms with van der Waals surface area (Å²) < 4.78 is 23.8. The van der Waals surface area contributed by atoms with Gasteiger partial charge in [0.2, 0.25) is 5.88 Å². The van der Waals surface area contributed by atoms with Crippen molar-refractivity contribution in [3.8, 4) is 23.4 Å². The molecule has 0 radical (unpaired) electrons. The van der Waals surface area contributed by atoms with Crippen LogP contribution in [0.3, 0.4) is 0 Å². The average molecular weight is 318 g/mol. The van der Waals surface area contributed by atoms with E-state index in [-0.39, 0.29) is 22.9 Å². The Morgan fingerprint density at radius 2 is 1.73 bits per heavy atom. The van der Waals surface area contributed by atoms with Crippen molar-refractivity contribution in [3.63, 3.8) is 0 Å². The van der Waals surface area contributed by atoms with Crippen LogP contribution in [0, 0.1) is 5.82 Å². The maximum Gasteiger partial charge on any atom is 0.325 e. The van der Waals surface area contributed by atoms with Crippen molar-refractivity contribution < 1.29 is 13.9 Å². The van der Waals surface area contributed by atoms with E-state index in [4.69, 9.17) is 21.1 Å². The van der Waals surface area contributed by atoms with E-state index in [1.807, 2.05) is 0 Å². The molecule has 0 spiro atoms. The number of halogens is 2. The summed E-state index contributed by atoms with van der Waals surface area (Å²) in [7, 11) is 0. The second-order valence-corrected chi connectivity index (χ2v) is 4.49. The van der Waals surface area contributed by atoms with Gasteiger partial charge in [0.25, 0.3) is 0 Å². The topological polar surface area (TPSA) is 57.1 Å². The van der Waals surface area contributed by atoms with Gasteiger partial charge in [0, 0.05) is 18.5 Å². The molecule has 0 saturated heterocycles. The van der Waals surface area contributed by atoms with Crippen molar-refractivity contribution in [2.45, 2.75) is 0 Å². The lowest BCUT2D eigenvalue weighted by Crippen LogP contribution is -1.95. The Kier molecular flexibility index (Phi) is 4.11. The van der Waals surface area contributed by atoms with Crippen LogP contribution in [-0.4, -0.2) is 15.0 Å². The van der Waals surface area contributed by atoms with E-state index in [2.05, 4.69) is 15.0 Å². The molecule has 2 aromatic heterocycles. The van der Waals surface area contributed by atoms with Crippen molar-refractivity contribution in [2.24, 2.45) is 0 Å². The quantitative estimate of drug-likeness (QED) is 0.673. The summed E-state index contributed by atoms with van der Waals surface area (Å²) in [6.07, 6.45) is 3.02. The Morgan fingerprint density at radius 1 is 0.909 bits per heavy atom. The van der Waals surface area contributed by atoms with Gasteiger partial charge in [0.05, 0.1) is 0 Å².